The van der Waals surface area contributed by atoms with Gasteiger partial charge in [-0.15, -0.1) is 12.4 Å². The Morgan fingerprint density at radius 3 is 2.39 bits per heavy atom. The first-order valence-corrected chi connectivity index (χ1v) is 9.14. The maximum atomic E-state index is 13.0. The minimum Gasteiger partial charge on any atom is -0.454 e. The zero-order chi connectivity index (χ0) is 15.3. The molecule has 2 bridgehead atoms. The lowest BCUT2D eigenvalue weighted by molar-refractivity contribution is 0.174. The first kappa shape index (κ1) is 16.8. The van der Waals surface area contributed by atoms with Crippen LogP contribution in [0.5, 0.6) is 11.5 Å². The molecular weight excluding hydrogens is 340 g/mol. The lowest BCUT2D eigenvalue weighted by atomic mass is 9.96. The van der Waals surface area contributed by atoms with Gasteiger partial charge in [-0.1, -0.05) is 6.42 Å². The Balaban J connectivity index is 0.00000156. The maximum absolute atomic E-state index is 13.0. The van der Waals surface area contributed by atoms with Crippen LogP contribution in [0.15, 0.2) is 17.0 Å². The largest absolute Gasteiger partial charge is 0.454 e. The van der Waals surface area contributed by atoms with Crippen molar-refractivity contribution < 1.29 is 17.9 Å². The van der Waals surface area contributed by atoms with Gasteiger partial charge in [-0.3, -0.25) is 0 Å². The van der Waals surface area contributed by atoms with E-state index in [0.29, 0.717) is 35.0 Å². The fourth-order valence-corrected chi connectivity index (χ4v) is 5.36. The third-order valence-corrected chi connectivity index (χ3v) is 6.69. The van der Waals surface area contributed by atoms with Gasteiger partial charge in [0, 0.05) is 31.2 Å². The average molecular weight is 361 g/mol. The Hall–Kier alpha value is -1.02. The molecule has 1 aromatic carbocycles. The highest BCUT2D eigenvalue weighted by Crippen LogP contribution is 2.37. The number of nitrogens with one attached hydrogen (secondary N) is 1. The number of ether oxygens (including phenoxy) is 2. The number of sulfonamides is 1. The minimum absolute atomic E-state index is 0. The lowest BCUT2D eigenvalue weighted by Gasteiger charge is -2.41. The predicted octanol–water partition coefficient (Wildman–Crippen LogP) is 1.66. The van der Waals surface area contributed by atoms with Crippen molar-refractivity contribution in [3.8, 4) is 11.5 Å². The summed E-state index contributed by atoms with van der Waals surface area (Å²) in [5.74, 6) is 1.13. The van der Waals surface area contributed by atoms with Crippen LogP contribution < -0.4 is 14.8 Å². The van der Waals surface area contributed by atoms with E-state index in [1.165, 1.54) is 6.42 Å². The second-order valence-electron chi connectivity index (χ2n) is 6.28. The monoisotopic (exact) mass is 360 g/mol. The van der Waals surface area contributed by atoms with Gasteiger partial charge in [-0.2, -0.15) is 4.31 Å². The number of fused-ring (bicyclic) bond motifs is 3. The molecule has 4 rings (SSSR count). The molecule has 0 saturated carbocycles. The van der Waals surface area contributed by atoms with Gasteiger partial charge in [0.2, 0.25) is 16.8 Å². The predicted molar refractivity (Wildman–Crippen MR) is 87.9 cm³/mol. The van der Waals surface area contributed by atoms with E-state index < -0.39 is 10.0 Å². The summed E-state index contributed by atoms with van der Waals surface area (Å²) in [6.07, 6.45) is 3.27. The first-order valence-electron chi connectivity index (χ1n) is 7.70. The van der Waals surface area contributed by atoms with Crippen LogP contribution in [0, 0.1) is 6.92 Å². The summed E-state index contributed by atoms with van der Waals surface area (Å²) in [4.78, 5) is 0.330. The Labute approximate surface area is 142 Å². The molecule has 1 N–H and O–H groups in total. The standard InChI is InChI=1S/C15H20N2O4S.ClH/c1-10-5-13-14(21-9-20-13)6-15(10)22(18,19)17-7-11-3-2-4-12(8-17)16-11;/h5-6,11-12,16H,2-4,7-9H2,1H3;1H. The van der Waals surface area contributed by atoms with Crippen molar-refractivity contribution in [3.63, 3.8) is 0 Å². The van der Waals surface area contributed by atoms with Gasteiger partial charge < -0.3 is 14.8 Å². The van der Waals surface area contributed by atoms with E-state index in [9.17, 15) is 8.42 Å². The normalized spacial score (nSPS) is 26.7. The van der Waals surface area contributed by atoms with Crippen molar-refractivity contribution in [2.75, 3.05) is 19.9 Å². The van der Waals surface area contributed by atoms with Gasteiger partial charge in [0.1, 0.15) is 0 Å². The summed E-state index contributed by atoms with van der Waals surface area (Å²) in [6, 6.07) is 3.90. The van der Waals surface area contributed by atoms with Crippen molar-refractivity contribution in [1.29, 1.82) is 0 Å². The molecule has 2 saturated heterocycles. The van der Waals surface area contributed by atoms with Gasteiger partial charge in [0.25, 0.3) is 0 Å². The van der Waals surface area contributed by atoms with Crippen molar-refractivity contribution >= 4 is 22.4 Å². The van der Waals surface area contributed by atoms with Crippen LogP contribution in [0.2, 0.25) is 0 Å². The Bertz CT molecular complexity index is 698. The molecule has 128 valence electrons. The molecule has 0 radical (unpaired) electrons. The summed E-state index contributed by atoms with van der Waals surface area (Å²) in [6.45, 7) is 3.05. The van der Waals surface area contributed by atoms with E-state index in [1.807, 2.05) is 0 Å². The molecule has 2 fully saturated rings. The topological polar surface area (TPSA) is 67.9 Å². The van der Waals surface area contributed by atoms with Gasteiger partial charge in [-0.25, -0.2) is 8.42 Å². The smallest absolute Gasteiger partial charge is 0.243 e. The van der Waals surface area contributed by atoms with Gasteiger partial charge in [-0.05, 0) is 31.4 Å². The molecule has 6 nitrogen and oxygen atoms in total. The van der Waals surface area contributed by atoms with E-state index in [-0.39, 0.29) is 31.3 Å². The SMILES string of the molecule is Cc1cc2c(cc1S(=O)(=O)N1CC3CCCC(C1)N3)OCO2.Cl. The van der Waals surface area contributed by atoms with Gasteiger partial charge in [0.05, 0.1) is 4.90 Å². The van der Waals surface area contributed by atoms with Crippen LogP contribution in [0.4, 0.5) is 0 Å². The molecule has 3 aliphatic heterocycles. The minimum atomic E-state index is -3.50. The van der Waals surface area contributed by atoms with E-state index in [1.54, 1.807) is 23.4 Å². The van der Waals surface area contributed by atoms with Crippen molar-refractivity contribution in [3.05, 3.63) is 17.7 Å². The molecule has 3 aliphatic rings. The van der Waals surface area contributed by atoms with Crippen LogP contribution in [-0.4, -0.2) is 44.7 Å². The number of hydrogen-bond donors (Lipinski definition) is 1. The van der Waals surface area contributed by atoms with Crippen LogP contribution in [0.3, 0.4) is 0 Å². The fourth-order valence-electron chi connectivity index (χ4n) is 3.60. The van der Waals surface area contributed by atoms with Gasteiger partial charge >= 0.3 is 0 Å². The molecule has 2 unspecified atom stereocenters. The quantitative estimate of drug-likeness (QED) is 0.868. The summed E-state index contributed by atoms with van der Waals surface area (Å²) < 4.78 is 38.4. The molecule has 3 heterocycles. The molecule has 8 heteroatoms. The third kappa shape index (κ3) is 2.91. The number of halogens is 1. The van der Waals surface area contributed by atoms with Crippen LogP contribution >= 0.6 is 12.4 Å². The van der Waals surface area contributed by atoms with E-state index in [4.69, 9.17) is 9.47 Å². The van der Waals surface area contributed by atoms with Crippen LogP contribution in [-0.2, 0) is 10.0 Å². The molecule has 0 aromatic heterocycles. The van der Waals surface area contributed by atoms with Crippen LogP contribution in [0.25, 0.3) is 0 Å². The van der Waals surface area contributed by atoms with E-state index in [2.05, 4.69) is 5.32 Å². The Morgan fingerprint density at radius 2 is 1.74 bits per heavy atom. The molecule has 23 heavy (non-hydrogen) atoms. The second kappa shape index (κ2) is 6.12. The molecular formula is C15H21ClN2O4S. The summed E-state index contributed by atoms with van der Waals surface area (Å²) in [5.41, 5.74) is 0.702. The van der Waals surface area contributed by atoms with Crippen molar-refractivity contribution in [2.45, 2.75) is 43.2 Å². The van der Waals surface area contributed by atoms with Crippen molar-refractivity contribution in [2.24, 2.45) is 0 Å². The second-order valence-corrected chi connectivity index (χ2v) is 8.19. The van der Waals surface area contributed by atoms with Crippen LogP contribution in [0.1, 0.15) is 24.8 Å². The zero-order valence-electron chi connectivity index (χ0n) is 12.9. The Kier molecular flexibility index (Phi) is 4.48. The lowest BCUT2D eigenvalue weighted by Crippen LogP contribution is -2.59. The van der Waals surface area contributed by atoms with Crippen molar-refractivity contribution in [1.82, 2.24) is 9.62 Å². The Morgan fingerprint density at radius 1 is 1.13 bits per heavy atom. The number of piperazine rings is 1. The summed E-state index contributed by atoms with van der Waals surface area (Å²) in [5, 5.41) is 3.51. The number of rotatable bonds is 2. The summed E-state index contributed by atoms with van der Waals surface area (Å²) >= 11 is 0. The zero-order valence-corrected chi connectivity index (χ0v) is 14.6. The number of piperidine rings is 1. The average Bonchev–Trinajstić information content (AvgIpc) is 2.93. The summed E-state index contributed by atoms with van der Waals surface area (Å²) in [7, 11) is -3.50. The highest BCUT2D eigenvalue weighted by Gasteiger charge is 2.37. The highest BCUT2D eigenvalue weighted by molar-refractivity contribution is 7.89. The van der Waals surface area contributed by atoms with Gasteiger partial charge in [0.15, 0.2) is 11.5 Å². The highest BCUT2D eigenvalue weighted by atomic mass is 35.5. The molecule has 0 aliphatic carbocycles. The molecule has 2 atom stereocenters. The molecule has 0 spiro atoms. The molecule has 1 aromatic rings. The van der Waals surface area contributed by atoms with E-state index in [0.717, 1.165) is 12.8 Å². The number of benzene rings is 1. The third-order valence-electron chi connectivity index (χ3n) is 4.71. The molecule has 0 amide bonds. The fraction of sp³-hybridized carbons (Fsp3) is 0.600. The first-order chi connectivity index (χ1) is 10.5. The number of hydrogen-bond acceptors (Lipinski definition) is 5. The number of nitrogens with zero attached hydrogens (tertiary/aromatic N) is 1. The van der Waals surface area contributed by atoms with E-state index >= 15 is 0 Å². The number of aryl methyl sites for hydroxylation is 1. The maximum Gasteiger partial charge on any atom is 0.243 e.